The Balaban J connectivity index is 3.44. The smallest absolute Gasteiger partial charge is 0.0239 e. The van der Waals surface area contributed by atoms with Gasteiger partial charge in [-0.15, -0.1) is 6.58 Å². The van der Waals surface area contributed by atoms with E-state index >= 15 is 0 Å². The van der Waals surface area contributed by atoms with Crippen molar-refractivity contribution in [3.8, 4) is 0 Å². The lowest BCUT2D eigenvalue weighted by atomic mass is 9.94. The van der Waals surface area contributed by atoms with E-state index in [1.54, 1.807) is 0 Å². The van der Waals surface area contributed by atoms with E-state index in [0.29, 0.717) is 5.92 Å². The van der Waals surface area contributed by atoms with Crippen LogP contribution in [0.5, 0.6) is 0 Å². The lowest BCUT2D eigenvalue weighted by Crippen LogP contribution is -2.01. The van der Waals surface area contributed by atoms with Crippen molar-refractivity contribution >= 4 is 0 Å². The van der Waals surface area contributed by atoms with E-state index in [2.05, 4.69) is 27.4 Å². The fraction of sp³-hybridized carbons (Fsp3) is 0.750. The van der Waals surface area contributed by atoms with E-state index in [1.807, 2.05) is 6.08 Å². The Morgan fingerprint density at radius 2 is 2.00 bits per heavy atom. The van der Waals surface area contributed by atoms with Gasteiger partial charge in [-0.25, -0.2) is 0 Å². The monoisotopic (exact) mass is 112 g/mol. The van der Waals surface area contributed by atoms with Crippen molar-refractivity contribution in [2.75, 3.05) is 0 Å². The molecule has 0 aliphatic rings. The number of hydrogen-bond acceptors (Lipinski definition) is 0. The summed E-state index contributed by atoms with van der Waals surface area (Å²) < 4.78 is 0. The number of rotatable bonds is 3. The predicted octanol–water partition coefficient (Wildman–Crippen LogP) is 2.85. The van der Waals surface area contributed by atoms with Gasteiger partial charge in [0.2, 0.25) is 0 Å². The zero-order valence-electron chi connectivity index (χ0n) is 6.15. The van der Waals surface area contributed by atoms with Gasteiger partial charge < -0.3 is 0 Å². The Morgan fingerprint density at radius 3 is 2.12 bits per heavy atom. The summed E-state index contributed by atoms with van der Waals surface area (Å²) in [6, 6.07) is 0. The Bertz CT molecular complexity index is 64.4. The molecule has 0 unspecified atom stereocenters. The van der Waals surface area contributed by atoms with Crippen molar-refractivity contribution in [3.05, 3.63) is 12.7 Å². The maximum atomic E-state index is 3.73. The quantitative estimate of drug-likeness (QED) is 0.492. The minimum atomic E-state index is 0.681. The molecule has 0 aliphatic carbocycles. The van der Waals surface area contributed by atoms with E-state index in [9.17, 15) is 0 Å². The molecule has 0 aromatic carbocycles. The molecule has 0 bridgehead atoms. The molecule has 0 fully saturated rings. The van der Waals surface area contributed by atoms with Crippen molar-refractivity contribution in [2.24, 2.45) is 11.8 Å². The first kappa shape index (κ1) is 7.74. The van der Waals surface area contributed by atoms with Gasteiger partial charge in [0.25, 0.3) is 0 Å². The van der Waals surface area contributed by atoms with E-state index in [4.69, 9.17) is 0 Å². The summed E-state index contributed by atoms with van der Waals surface area (Å²) in [4.78, 5) is 0. The SMILES string of the molecule is C=C[C@@H](C)[C@@H](C)CC. The molecule has 0 heteroatoms. The second-order valence-corrected chi connectivity index (χ2v) is 2.48. The maximum absolute atomic E-state index is 3.73. The van der Waals surface area contributed by atoms with Gasteiger partial charge in [0.15, 0.2) is 0 Å². The summed E-state index contributed by atoms with van der Waals surface area (Å²) in [5.74, 6) is 1.48. The molecule has 0 aromatic heterocycles. The van der Waals surface area contributed by atoms with Crippen molar-refractivity contribution < 1.29 is 0 Å². The number of allylic oxidation sites excluding steroid dienone is 1. The zero-order valence-corrected chi connectivity index (χ0v) is 6.15. The lowest BCUT2D eigenvalue weighted by molar-refractivity contribution is 0.447. The third kappa shape index (κ3) is 2.15. The van der Waals surface area contributed by atoms with Gasteiger partial charge in [-0.05, 0) is 11.8 Å². The van der Waals surface area contributed by atoms with Crippen LogP contribution >= 0.6 is 0 Å². The highest BCUT2D eigenvalue weighted by atomic mass is 14.1. The van der Waals surface area contributed by atoms with Crippen LogP contribution < -0.4 is 0 Å². The normalized spacial score (nSPS) is 17.4. The van der Waals surface area contributed by atoms with Crippen LogP contribution in [-0.2, 0) is 0 Å². The molecule has 2 atom stereocenters. The van der Waals surface area contributed by atoms with Crippen LogP contribution in [0.1, 0.15) is 27.2 Å². The standard InChI is InChI=1S/C8H16/c1-5-7(3)8(4)6-2/h5,7-8H,1,6H2,2-4H3/t7-,8+/m1/s1. The first-order valence-corrected chi connectivity index (χ1v) is 3.34. The van der Waals surface area contributed by atoms with Crippen LogP contribution in [0.15, 0.2) is 12.7 Å². The summed E-state index contributed by atoms with van der Waals surface area (Å²) in [6.45, 7) is 10.4. The minimum absolute atomic E-state index is 0.681. The summed E-state index contributed by atoms with van der Waals surface area (Å²) in [5.41, 5.74) is 0. The largest absolute Gasteiger partial charge is 0.103 e. The van der Waals surface area contributed by atoms with Crippen molar-refractivity contribution in [2.45, 2.75) is 27.2 Å². The van der Waals surface area contributed by atoms with Gasteiger partial charge in [0, 0.05) is 0 Å². The molecule has 0 rings (SSSR count). The van der Waals surface area contributed by atoms with Crippen LogP contribution in [0, 0.1) is 11.8 Å². The van der Waals surface area contributed by atoms with Crippen LogP contribution in [0.25, 0.3) is 0 Å². The van der Waals surface area contributed by atoms with E-state index < -0.39 is 0 Å². The summed E-state index contributed by atoms with van der Waals surface area (Å²) in [7, 11) is 0. The molecule has 0 aromatic rings. The van der Waals surface area contributed by atoms with Gasteiger partial charge in [-0.1, -0.05) is 33.3 Å². The molecule has 0 N–H and O–H groups in total. The third-order valence-corrected chi connectivity index (χ3v) is 1.91. The predicted molar refractivity (Wildman–Crippen MR) is 38.8 cm³/mol. The van der Waals surface area contributed by atoms with Crippen molar-refractivity contribution in [1.82, 2.24) is 0 Å². The average molecular weight is 112 g/mol. The summed E-state index contributed by atoms with van der Waals surface area (Å²) in [5, 5.41) is 0. The highest BCUT2D eigenvalue weighted by molar-refractivity contribution is 4.78. The van der Waals surface area contributed by atoms with Crippen LogP contribution in [0.2, 0.25) is 0 Å². The molecular formula is C8H16. The van der Waals surface area contributed by atoms with Crippen molar-refractivity contribution in [3.63, 3.8) is 0 Å². The van der Waals surface area contributed by atoms with Gasteiger partial charge >= 0.3 is 0 Å². The van der Waals surface area contributed by atoms with E-state index in [0.717, 1.165) is 5.92 Å². The maximum Gasteiger partial charge on any atom is -0.0239 e. The molecule has 0 spiro atoms. The molecule has 0 saturated carbocycles. The van der Waals surface area contributed by atoms with Crippen LogP contribution in [0.3, 0.4) is 0 Å². The topological polar surface area (TPSA) is 0 Å². The fourth-order valence-electron chi connectivity index (χ4n) is 0.604. The third-order valence-electron chi connectivity index (χ3n) is 1.91. The van der Waals surface area contributed by atoms with Crippen LogP contribution in [-0.4, -0.2) is 0 Å². The van der Waals surface area contributed by atoms with Crippen molar-refractivity contribution in [1.29, 1.82) is 0 Å². The Morgan fingerprint density at radius 1 is 1.50 bits per heavy atom. The molecule has 0 nitrogen and oxygen atoms in total. The van der Waals surface area contributed by atoms with Gasteiger partial charge in [0.1, 0.15) is 0 Å². The molecule has 0 amide bonds. The first-order chi connectivity index (χ1) is 3.72. The van der Waals surface area contributed by atoms with Gasteiger partial charge in [-0.2, -0.15) is 0 Å². The Labute approximate surface area is 52.6 Å². The summed E-state index contributed by atoms with van der Waals surface area (Å²) >= 11 is 0. The molecule has 0 saturated heterocycles. The second-order valence-electron chi connectivity index (χ2n) is 2.48. The zero-order chi connectivity index (χ0) is 6.57. The molecule has 0 radical (unpaired) electrons. The van der Waals surface area contributed by atoms with Crippen LogP contribution in [0.4, 0.5) is 0 Å². The second kappa shape index (κ2) is 3.71. The fourth-order valence-corrected chi connectivity index (χ4v) is 0.604. The highest BCUT2D eigenvalue weighted by Crippen LogP contribution is 2.13. The Kier molecular flexibility index (Phi) is 3.59. The Hall–Kier alpha value is -0.260. The van der Waals surface area contributed by atoms with Gasteiger partial charge in [-0.3, -0.25) is 0 Å². The summed E-state index contributed by atoms with van der Waals surface area (Å²) in [6.07, 6.45) is 3.28. The van der Waals surface area contributed by atoms with Gasteiger partial charge in [0.05, 0.1) is 0 Å². The van der Waals surface area contributed by atoms with E-state index in [1.165, 1.54) is 6.42 Å². The molecule has 48 valence electrons. The molecule has 8 heavy (non-hydrogen) atoms. The minimum Gasteiger partial charge on any atom is -0.103 e. The van der Waals surface area contributed by atoms with E-state index in [-0.39, 0.29) is 0 Å². The number of hydrogen-bond donors (Lipinski definition) is 0. The molecule has 0 aliphatic heterocycles. The first-order valence-electron chi connectivity index (χ1n) is 3.34. The molecular weight excluding hydrogens is 96.1 g/mol. The average Bonchev–Trinajstić information content (AvgIpc) is 1.84. The lowest BCUT2D eigenvalue weighted by Gasteiger charge is -2.12. The highest BCUT2D eigenvalue weighted by Gasteiger charge is 2.03. The molecule has 0 heterocycles.